The number of halogens is 1. The summed E-state index contributed by atoms with van der Waals surface area (Å²) < 4.78 is 6.19. The topological polar surface area (TPSA) is 21.3 Å². The van der Waals surface area contributed by atoms with Gasteiger partial charge in [0.05, 0.1) is 0 Å². The molecule has 0 saturated heterocycles. The van der Waals surface area contributed by atoms with E-state index in [-0.39, 0.29) is 0 Å². The summed E-state index contributed by atoms with van der Waals surface area (Å²) >= 11 is 8.26. The number of fused-ring (bicyclic) bond motifs is 1. The molecule has 0 unspecified atom stereocenters. The van der Waals surface area contributed by atoms with Crippen molar-refractivity contribution < 1.29 is 4.74 Å². The zero-order chi connectivity index (χ0) is 8.55. The van der Waals surface area contributed by atoms with Gasteiger partial charge < -0.3 is 10.1 Å². The Labute approximate surface area is 84.0 Å². The third kappa shape index (κ3) is 1.44. The Morgan fingerprint density at radius 1 is 1.50 bits per heavy atom. The van der Waals surface area contributed by atoms with Crippen molar-refractivity contribution in [2.75, 3.05) is 5.32 Å². The molecule has 1 aromatic carbocycles. The van der Waals surface area contributed by atoms with E-state index in [1.54, 1.807) is 0 Å². The SMILES string of the molecule is S=C1Nc2cc(Br)ccc2CO1. The van der Waals surface area contributed by atoms with Crippen molar-refractivity contribution in [2.24, 2.45) is 0 Å². The standard InChI is InChI=1S/C8H6BrNOS/c9-6-2-1-5-4-11-8(12)10-7(5)3-6/h1-3H,4H2,(H,10,12). The van der Waals surface area contributed by atoms with E-state index in [0.29, 0.717) is 11.8 Å². The predicted octanol–water partition coefficient (Wildman–Crippen LogP) is 2.68. The average molecular weight is 244 g/mol. The van der Waals surface area contributed by atoms with Crippen LogP contribution in [0, 0.1) is 0 Å². The summed E-state index contributed by atoms with van der Waals surface area (Å²) in [7, 11) is 0. The van der Waals surface area contributed by atoms with Crippen LogP contribution in [0.4, 0.5) is 5.69 Å². The minimum atomic E-state index is 0.445. The minimum absolute atomic E-state index is 0.445. The molecule has 12 heavy (non-hydrogen) atoms. The highest BCUT2D eigenvalue weighted by Gasteiger charge is 2.12. The number of hydrogen-bond donors (Lipinski definition) is 1. The van der Waals surface area contributed by atoms with Crippen LogP contribution >= 0.6 is 28.1 Å². The van der Waals surface area contributed by atoms with Gasteiger partial charge in [0.2, 0.25) is 0 Å². The molecular formula is C8H6BrNOS. The van der Waals surface area contributed by atoms with Crippen LogP contribution in [-0.2, 0) is 11.3 Å². The Hall–Kier alpha value is -0.610. The molecule has 1 aliphatic heterocycles. The van der Waals surface area contributed by atoms with Crippen LogP contribution in [-0.4, -0.2) is 5.17 Å². The predicted molar refractivity (Wildman–Crippen MR) is 55.2 cm³/mol. The number of thiocarbonyl (C=S) groups is 1. The van der Waals surface area contributed by atoms with E-state index in [1.807, 2.05) is 18.2 Å². The Morgan fingerprint density at radius 2 is 2.33 bits per heavy atom. The van der Waals surface area contributed by atoms with Gasteiger partial charge in [-0.3, -0.25) is 0 Å². The molecule has 2 rings (SSSR count). The Bertz CT molecular complexity index is 340. The molecule has 0 bridgehead atoms. The number of ether oxygens (including phenoxy) is 1. The third-order valence-corrected chi connectivity index (χ3v) is 2.38. The third-order valence-electron chi connectivity index (χ3n) is 1.67. The second-order valence-corrected chi connectivity index (χ2v) is 3.79. The monoisotopic (exact) mass is 243 g/mol. The lowest BCUT2D eigenvalue weighted by atomic mass is 10.2. The molecule has 1 aliphatic rings. The van der Waals surface area contributed by atoms with Crippen LogP contribution < -0.4 is 5.32 Å². The molecule has 0 fully saturated rings. The Balaban J connectivity index is 2.44. The first-order valence-corrected chi connectivity index (χ1v) is 4.68. The summed E-state index contributed by atoms with van der Waals surface area (Å²) in [6, 6.07) is 5.98. The van der Waals surface area contributed by atoms with Gasteiger partial charge in [-0.05, 0) is 24.4 Å². The van der Waals surface area contributed by atoms with Gasteiger partial charge in [-0.15, -0.1) is 0 Å². The van der Waals surface area contributed by atoms with Crippen LogP contribution in [0.1, 0.15) is 5.56 Å². The maximum absolute atomic E-state index is 5.15. The summed E-state index contributed by atoms with van der Waals surface area (Å²) in [5, 5.41) is 3.42. The highest BCUT2D eigenvalue weighted by Crippen LogP contribution is 2.25. The summed E-state index contributed by atoms with van der Waals surface area (Å²) in [6.45, 7) is 0.564. The fourth-order valence-corrected chi connectivity index (χ4v) is 1.61. The van der Waals surface area contributed by atoms with Crippen molar-refractivity contribution in [3.63, 3.8) is 0 Å². The second-order valence-electron chi connectivity index (χ2n) is 2.50. The van der Waals surface area contributed by atoms with E-state index >= 15 is 0 Å². The van der Waals surface area contributed by atoms with Gasteiger partial charge in [0, 0.05) is 15.7 Å². The van der Waals surface area contributed by atoms with Gasteiger partial charge in [0.15, 0.2) is 0 Å². The largest absolute Gasteiger partial charge is 0.466 e. The molecule has 0 aliphatic carbocycles. The molecular weight excluding hydrogens is 238 g/mol. The molecule has 0 spiro atoms. The van der Waals surface area contributed by atoms with Crippen LogP contribution in [0.5, 0.6) is 0 Å². The Morgan fingerprint density at radius 3 is 3.17 bits per heavy atom. The van der Waals surface area contributed by atoms with Crippen molar-refractivity contribution in [2.45, 2.75) is 6.61 Å². The maximum atomic E-state index is 5.15. The van der Waals surface area contributed by atoms with Gasteiger partial charge in [-0.2, -0.15) is 0 Å². The first kappa shape index (κ1) is 8.01. The first-order valence-electron chi connectivity index (χ1n) is 3.48. The number of anilines is 1. The molecule has 1 heterocycles. The molecule has 2 nitrogen and oxygen atoms in total. The number of benzene rings is 1. The highest BCUT2D eigenvalue weighted by atomic mass is 79.9. The lowest BCUT2D eigenvalue weighted by Crippen LogP contribution is -2.19. The van der Waals surface area contributed by atoms with Crippen LogP contribution in [0.3, 0.4) is 0 Å². The van der Waals surface area contributed by atoms with Crippen LogP contribution in [0.2, 0.25) is 0 Å². The van der Waals surface area contributed by atoms with Crippen molar-refractivity contribution in [3.05, 3.63) is 28.2 Å². The number of nitrogens with one attached hydrogen (secondary N) is 1. The normalized spacial score (nSPS) is 14.6. The van der Waals surface area contributed by atoms with Gasteiger partial charge in [0.25, 0.3) is 5.17 Å². The zero-order valence-corrected chi connectivity index (χ0v) is 8.54. The van der Waals surface area contributed by atoms with Crippen molar-refractivity contribution in [3.8, 4) is 0 Å². The van der Waals surface area contributed by atoms with E-state index < -0.39 is 0 Å². The second kappa shape index (κ2) is 3.03. The van der Waals surface area contributed by atoms with Crippen molar-refractivity contribution in [1.29, 1.82) is 0 Å². The molecule has 4 heteroatoms. The molecule has 0 aromatic heterocycles. The minimum Gasteiger partial charge on any atom is -0.466 e. The molecule has 1 N–H and O–H groups in total. The van der Waals surface area contributed by atoms with Gasteiger partial charge in [-0.25, -0.2) is 0 Å². The van der Waals surface area contributed by atoms with E-state index in [2.05, 4.69) is 21.2 Å². The molecule has 0 atom stereocenters. The van der Waals surface area contributed by atoms with Gasteiger partial charge >= 0.3 is 0 Å². The van der Waals surface area contributed by atoms with Gasteiger partial charge in [0.1, 0.15) is 6.61 Å². The Kier molecular flexibility index (Phi) is 2.02. The van der Waals surface area contributed by atoms with Crippen LogP contribution in [0.25, 0.3) is 0 Å². The summed E-state index contributed by atoms with van der Waals surface area (Å²) in [5.41, 5.74) is 2.16. The maximum Gasteiger partial charge on any atom is 0.261 e. The van der Waals surface area contributed by atoms with Crippen molar-refractivity contribution >= 4 is 39.0 Å². The lowest BCUT2D eigenvalue weighted by molar-refractivity contribution is 0.294. The summed E-state index contributed by atoms with van der Waals surface area (Å²) in [6.07, 6.45) is 0. The van der Waals surface area contributed by atoms with E-state index in [1.165, 1.54) is 0 Å². The molecule has 62 valence electrons. The highest BCUT2D eigenvalue weighted by molar-refractivity contribution is 9.10. The number of hydrogen-bond acceptors (Lipinski definition) is 2. The summed E-state index contributed by atoms with van der Waals surface area (Å²) in [5.74, 6) is 0. The van der Waals surface area contributed by atoms with E-state index in [4.69, 9.17) is 17.0 Å². The molecule has 0 amide bonds. The fraction of sp³-hybridized carbons (Fsp3) is 0.125. The first-order chi connectivity index (χ1) is 5.75. The summed E-state index contributed by atoms with van der Waals surface area (Å²) in [4.78, 5) is 0. The van der Waals surface area contributed by atoms with Gasteiger partial charge in [-0.1, -0.05) is 22.0 Å². The average Bonchev–Trinajstić information content (AvgIpc) is 2.03. The van der Waals surface area contributed by atoms with Crippen molar-refractivity contribution in [1.82, 2.24) is 0 Å². The molecule has 0 radical (unpaired) electrons. The lowest BCUT2D eigenvalue weighted by Gasteiger charge is -2.19. The van der Waals surface area contributed by atoms with E-state index in [9.17, 15) is 0 Å². The quantitative estimate of drug-likeness (QED) is 0.709. The number of rotatable bonds is 0. The molecule has 0 saturated carbocycles. The van der Waals surface area contributed by atoms with Crippen LogP contribution in [0.15, 0.2) is 22.7 Å². The van der Waals surface area contributed by atoms with E-state index in [0.717, 1.165) is 15.7 Å². The smallest absolute Gasteiger partial charge is 0.261 e. The zero-order valence-electron chi connectivity index (χ0n) is 6.13. The molecule has 1 aromatic rings. The fourth-order valence-electron chi connectivity index (χ4n) is 1.08.